The summed E-state index contributed by atoms with van der Waals surface area (Å²) in [5, 5.41) is 6.52. The lowest BCUT2D eigenvalue weighted by Gasteiger charge is -2.28. The molecule has 0 atom stereocenters. The van der Waals surface area contributed by atoms with Crippen molar-refractivity contribution < 1.29 is 14.3 Å². The van der Waals surface area contributed by atoms with Gasteiger partial charge < -0.3 is 20.1 Å². The second-order valence-corrected chi connectivity index (χ2v) is 6.85. The molecule has 1 heterocycles. The Morgan fingerprint density at radius 3 is 2.48 bits per heavy atom. The monoisotopic (exact) mass is 360 g/mol. The molecule has 1 aliphatic rings. The molecule has 0 saturated heterocycles. The van der Waals surface area contributed by atoms with Crippen LogP contribution in [0.5, 0.6) is 11.5 Å². The molecule has 2 N–H and O–H groups in total. The maximum atomic E-state index is 12.3. The molecular weight excluding hydrogens is 340 g/mol. The average Bonchev–Trinajstić information content (AvgIpc) is 2.60. The van der Waals surface area contributed by atoms with E-state index in [9.17, 15) is 4.79 Å². The summed E-state index contributed by atoms with van der Waals surface area (Å²) in [5.74, 6) is 1.44. The summed E-state index contributed by atoms with van der Waals surface area (Å²) >= 11 is 5.86. The predicted octanol–water partition coefficient (Wildman–Crippen LogP) is 3.85. The lowest BCUT2D eigenvalue weighted by atomic mass is 9.94. The first kappa shape index (κ1) is 17.4. The summed E-state index contributed by atoms with van der Waals surface area (Å²) in [5.41, 5.74) is 1.37. The second-order valence-electron chi connectivity index (χ2n) is 6.42. The van der Waals surface area contributed by atoms with E-state index in [1.165, 1.54) is 0 Å². The molecule has 0 unspecified atom stereocenters. The van der Waals surface area contributed by atoms with Crippen LogP contribution in [-0.2, 0) is 12.1 Å². The van der Waals surface area contributed by atoms with Crippen LogP contribution in [-0.4, -0.2) is 19.2 Å². The molecule has 132 valence electrons. The van der Waals surface area contributed by atoms with Crippen LogP contribution in [0.1, 0.15) is 25.0 Å². The molecular formula is C19H21ClN2O3. The third-order valence-electron chi connectivity index (χ3n) is 4.06. The zero-order valence-corrected chi connectivity index (χ0v) is 15.0. The maximum Gasteiger partial charge on any atom is 0.315 e. The zero-order valence-electron chi connectivity index (χ0n) is 14.3. The number of ether oxygens (including phenoxy) is 2. The summed E-state index contributed by atoms with van der Waals surface area (Å²) in [7, 11) is 0. The largest absolute Gasteiger partial charge is 0.486 e. The molecule has 3 rings (SSSR count). The molecule has 2 aromatic rings. The van der Waals surface area contributed by atoms with E-state index in [4.69, 9.17) is 21.1 Å². The number of hydrogen-bond acceptors (Lipinski definition) is 3. The molecule has 0 fully saturated rings. The molecule has 5 nitrogen and oxygen atoms in total. The SMILES string of the molecule is CC(C)(NC(=O)NCc1ccc(Cl)cc1)c1ccc2c(c1)OCCO2. The van der Waals surface area contributed by atoms with Crippen molar-refractivity contribution >= 4 is 17.6 Å². The molecule has 1 aliphatic heterocycles. The van der Waals surface area contributed by atoms with Crippen LogP contribution in [0.25, 0.3) is 0 Å². The minimum Gasteiger partial charge on any atom is -0.486 e. The highest BCUT2D eigenvalue weighted by Gasteiger charge is 2.25. The molecule has 25 heavy (non-hydrogen) atoms. The highest BCUT2D eigenvalue weighted by atomic mass is 35.5. The van der Waals surface area contributed by atoms with Gasteiger partial charge in [0.25, 0.3) is 0 Å². The van der Waals surface area contributed by atoms with Crippen molar-refractivity contribution in [1.82, 2.24) is 10.6 Å². The Labute approximate surface area is 152 Å². The number of nitrogens with one attached hydrogen (secondary N) is 2. The smallest absolute Gasteiger partial charge is 0.315 e. The summed E-state index contributed by atoms with van der Waals surface area (Å²) in [6.07, 6.45) is 0. The maximum absolute atomic E-state index is 12.3. The van der Waals surface area contributed by atoms with Crippen molar-refractivity contribution in [2.75, 3.05) is 13.2 Å². The van der Waals surface area contributed by atoms with Crippen LogP contribution in [0.2, 0.25) is 5.02 Å². The molecule has 0 aliphatic carbocycles. The lowest BCUT2D eigenvalue weighted by molar-refractivity contribution is 0.171. The van der Waals surface area contributed by atoms with Gasteiger partial charge in [-0.25, -0.2) is 4.79 Å². The minimum atomic E-state index is -0.556. The number of rotatable bonds is 4. The van der Waals surface area contributed by atoms with E-state index in [0.717, 1.165) is 16.9 Å². The number of hydrogen-bond donors (Lipinski definition) is 2. The van der Waals surface area contributed by atoms with Gasteiger partial charge in [-0.05, 0) is 49.2 Å². The van der Waals surface area contributed by atoms with Crippen LogP contribution in [0, 0.1) is 0 Å². The molecule has 0 spiro atoms. The summed E-state index contributed by atoms with van der Waals surface area (Å²) < 4.78 is 11.1. The topological polar surface area (TPSA) is 59.6 Å². The lowest BCUT2D eigenvalue weighted by Crippen LogP contribution is -2.46. The Morgan fingerprint density at radius 1 is 1.08 bits per heavy atom. The Kier molecular flexibility index (Phi) is 5.04. The molecule has 2 aromatic carbocycles. The molecule has 2 amide bonds. The van der Waals surface area contributed by atoms with Gasteiger partial charge >= 0.3 is 6.03 Å². The Hall–Kier alpha value is -2.40. The van der Waals surface area contributed by atoms with Crippen molar-refractivity contribution in [2.45, 2.75) is 25.9 Å². The van der Waals surface area contributed by atoms with Gasteiger partial charge in [0, 0.05) is 11.6 Å². The van der Waals surface area contributed by atoms with E-state index in [-0.39, 0.29) is 6.03 Å². The van der Waals surface area contributed by atoms with Crippen molar-refractivity contribution in [3.8, 4) is 11.5 Å². The first-order valence-corrected chi connectivity index (χ1v) is 8.52. The molecule has 6 heteroatoms. The number of amides is 2. The fraction of sp³-hybridized carbons (Fsp3) is 0.316. The van der Waals surface area contributed by atoms with E-state index >= 15 is 0 Å². The average molecular weight is 361 g/mol. The van der Waals surface area contributed by atoms with Gasteiger partial charge in [-0.1, -0.05) is 29.8 Å². The quantitative estimate of drug-likeness (QED) is 0.870. The minimum absolute atomic E-state index is 0.241. The molecule has 0 bridgehead atoms. The van der Waals surface area contributed by atoms with Crippen LogP contribution in [0.15, 0.2) is 42.5 Å². The standard InChI is InChI=1S/C19H21ClN2O3/c1-19(2,14-5-8-16-17(11-14)25-10-9-24-16)22-18(23)21-12-13-3-6-15(20)7-4-13/h3-8,11H,9-10,12H2,1-2H3,(H2,21,22,23). The summed E-state index contributed by atoms with van der Waals surface area (Å²) in [4.78, 5) is 12.3. The first-order chi connectivity index (χ1) is 11.9. The Balaban J connectivity index is 1.62. The number of benzene rings is 2. The van der Waals surface area contributed by atoms with E-state index in [1.807, 2.05) is 44.2 Å². The molecule has 0 radical (unpaired) electrons. The van der Waals surface area contributed by atoms with E-state index in [0.29, 0.717) is 30.5 Å². The van der Waals surface area contributed by atoms with Crippen molar-refractivity contribution in [1.29, 1.82) is 0 Å². The van der Waals surface area contributed by atoms with Gasteiger partial charge in [-0.15, -0.1) is 0 Å². The van der Waals surface area contributed by atoms with Gasteiger partial charge in [0.05, 0.1) is 5.54 Å². The van der Waals surface area contributed by atoms with Crippen LogP contribution in [0.4, 0.5) is 4.79 Å². The molecule has 0 aromatic heterocycles. The zero-order chi connectivity index (χ0) is 17.9. The van der Waals surface area contributed by atoms with Gasteiger partial charge in [-0.3, -0.25) is 0 Å². The van der Waals surface area contributed by atoms with Crippen molar-refractivity contribution in [2.24, 2.45) is 0 Å². The number of carbonyl (C=O) groups is 1. The van der Waals surface area contributed by atoms with Crippen LogP contribution >= 0.6 is 11.6 Å². The number of fused-ring (bicyclic) bond motifs is 1. The number of carbonyl (C=O) groups excluding carboxylic acids is 1. The van der Waals surface area contributed by atoms with Gasteiger partial charge in [0.2, 0.25) is 0 Å². The number of halogens is 1. The van der Waals surface area contributed by atoms with E-state index < -0.39 is 5.54 Å². The summed E-state index contributed by atoms with van der Waals surface area (Å²) in [6.45, 7) is 5.41. The highest BCUT2D eigenvalue weighted by Crippen LogP contribution is 2.34. The molecule has 0 saturated carbocycles. The second kappa shape index (κ2) is 7.23. The van der Waals surface area contributed by atoms with E-state index in [2.05, 4.69) is 10.6 Å². The van der Waals surface area contributed by atoms with E-state index in [1.54, 1.807) is 12.1 Å². The fourth-order valence-electron chi connectivity index (χ4n) is 2.62. The van der Waals surface area contributed by atoms with Gasteiger partial charge in [-0.2, -0.15) is 0 Å². The Bertz CT molecular complexity index is 760. The summed E-state index contributed by atoms with van der Waals surface area (Å²) in [6, 6.07) is 12.9. The van der Waals surface area contributed by atoms with Crippen LogP contribution < -0.4 is 20.1 Å². The van der Waals surface area contributed by atoms with Crippen LogP contribution in [0.3, 0.4) is 0 Å². The third-order valence-corrected chi connectivity index (χ3v) is 4.31. The first-order valence-electron chi connectivity index (χ1n) is 8.15. The number of urea groups is 1. The predicted molar refractivity (Wildman–Crippen MR) is 97.3 cm³/mol. The van der Waals surface area contributed by atoms with Gasteiger partial charge in [0.1, 0.15) is 13.2 Å². The third kappa shape index (κ3) is 4.37. The van der Waals surface area contributed by atoms with Gasteiger partial charge in [0.15, 0.2) is 11.5 Å². The highest BCUT2D eigenvalue weighted by molar-refractivity contribution is 6.30. The van der Waals surface area contributed by atoms with Crippen molar-refractivity contribution in [3.63, 3.8) is 0 Å². The normalized spacial score (nSPS) is 13.2. The fourth-order valence-corrected chi connectivity index (χ4v) is 2.74. The van der Waals surface area contributed by atoms with Crippen molar-refractivity contribution in [3.05, 3.63) is 58.6 Å². The Morgan fingerprint density at radius 2 is 1.76 bits per heavy atom.